The van der Waals surface area contributed by atoms with Gasteiger partial charge < -0.3 is 0 Å². The van der Waals surface area contributed by atoms with Crippen molar-refractivity contribution in [2.24, 2.45) is 4.99 Å². The van der Waals surface area contributed by atoms with Gasteiger partial charge in [0.2, 0.25) is 0 Å². The Hall–Kier alpha value is -1.66. The Morgan fingerprint density at radius 1 is 1.53 bits per heavy atom. The van der Waals surface area contributed by atoms with Gasteiger partial charge in [0.15, 0.2) is 0 Å². The Balaban J connectivity index is 2.90. The van der Waals surface area contributed by atoms with Gasteiger partial charge in [0.05, 0.1) is 0 Å². The second-order valence-electron chi connectivity index (χ2n) is 3.29. The molecule has 0 unspecified atom stereocenters. The molecule has 78 valence electrons. The van der Waals surface area contributed by atoms with E-state index >= 15 is 0 Å². The summed E-state index contributed by atoms with van der Waals surface area (Å²) in [5, 5.41) is 0. The molecular formula is C13H15NO. The molecule has 0 aromatic heterocycles. The van der Waals surface area contributed by atoms with Crippen molar-refractivity contribution >= 4 is 11.8 Å². The van der Waals surface area contributed by atoms with Crippen molar-refractivity contribution in [1.29, 1.82) is 0 Å². The lowest BCUT2D eigenvalue weighted by Gasteiger charge is -1.99. The van der Waals surface area contributed by atoms with Crippen LogP contribution in [0.25, 0.3) is 0 Å². The zero-order valence-corrected chi connectivity index (χ0v) is 9.16. The minimum atomic E-state index is -0.231. The topological polar surface area (TPSA) is 29.4 Å². The van der Waals surface area contributed by atoms with E-state index in [1.807, 2.05) is 18.2 Å². The van der Waals surface area contributed by atoms with E-state index in [0.717, 1.165) is 12.8 Å². The minimum absolute atomic E-state index is 0.231. The van der Waals surface area contributed by atoms with E-state index in [1.165, 1.54) is 5.56 Å². The first-order valence-electron chi connectivity index (χ1n) is 5.15. The van der Waals surface area contributed by atoms with Gasteiger partial charge in [-0.05, 0) is 43.0 Å². The SMILES string of the molecule is CC=C=NC(=O)c1cccc(CCC)c1. The summed E-state index contributed by atoms with van der Waals surface area (Å²) in [6.07, 6.45) is 3.69. The molecule has 0 N–H and O–H groups in total. The lowest BCUT2D eigenvalue weighted by molar-refractivity contribution is 0.100. The largest absolute Gasteiger partial charge is 0.285 e. The molecule has 15 heavy (non-hydrogen) atoms. The van der Waals surface area contributed by atoms with E-state index in [-0.39, 0.29) is 5.91 Å². The van der Waals surface area contributed by atoms with Crippen molar-refractivity contribution in [2.45, 2.75) is 26.7 Å². The van der Waals surface area contributed by atoms with Crippen LogP contribution in [-0.2, 0) is 6.42 Å². The van der Waals surface area contributed by atoms with Crippen LogP contribution in [0.1, 0.15) is 36.2 Å². The number of aryl methyl sites for hydroxylation is 1. The molecule has 0 aliphatic rings. The molecule has 1 rings (SSSR count). The number of rotatable bonds is 3. The molecule has 0 aliphatic heterocycles. The summed E-state index contributed by atoms with van der Waals surface area (Å²) in [7, 11) is 0. The van der Waals surface area contributed by atoms with Crippen LogP contribution in [0.2, 0.25) is 0 Å². The highest BCUT2D eigenvalue weighted by atomic mass is 16.1. The second-order valence-corrected chi connectivity index (χ2v) is 3.29. The average molecular weight is 201 g/mol. The van der Waals surface area contributed by atoms with Gasteiger partial charge in [-0.3, -0.25) is 4.79 Å². The minimum Gasteiger partial charge on any atom is -0.266 e. The quantitative estimate of drug-likeness (QED) is 0.691. The van der Waals surface area contributed by atoms with Crippen LogP contribution in [0.5, 0.6) is 0 Å². The summed E-state index contributed by atoms with van der Waals surface area (Å²) in [6.45, 7) is 3.90. The summed E-state index contributed by atoms with van der Waals surface area (Å²) in [5.41, 5.74) is 1.81. The van der Waals surface area contributed by atoms with Gasteiger partial charge in [-0.1, -0.05) is 25.5 Å². The normalized spacial score (nSPS) is 9.20. The molecule has 0 saturated heterocycles. The third kappa shape index (κ3) is 3.53. The number of benzene rings is 1. The van der Waals surface area contributed by atoms with Crippen molar-refractivity contribution in [3.63, 3.8) is 0 Å². The molecule has 1 aromatic carbocycles. The van der Waals surface area contributed by atoms with Crippen molar-refractivity contribution in [3.05, 3.63) is 41.5 Å². The Morgan fingerprint density at radius 2 is 2.33 bits per heavy atom. The number of aliphatic imine (C=N–C) groups is 1. The predicted molar refractivity (Wildman–Crippen MR) is 62.4 cm³/mol. The first-order valence-corrected chi connectivity index (χ1v) is 5.15. The van der Waals surface area contributed by atoms with Crippen LogP contribution in [0.15, 0.2) is 35.3 Å². The number of hydrogen-bond acceptors (Lipinski definition) is 1. The Kier molecular flexibility index (Phi) is 4.52. The van der Waals surface area contributed by atoms with Crippen molar-refractivity contribution < 1.29 is 4.79 Å². The maximum atomic E-state index is 11.5. The van der Waals surface area contributed by atoms with E-state index in [1.54, 1.807) is 19.1 Å². The Bertz CT molecular complexity index is 401. The van der Waals surface area contributed by atoms with Gasteiger partial charge in [0, 0.05) is 5.56 Å². The second kappa shape index (κ2) is 5.94. The average Bonchev–Trinajstić information content (AvgIpc) is 2.27. The molecule has 2 nitrogen and oxygen atoms in total. The van der Waals surface area contributed by atoms with Crippen molar-refractivity contribution in [3.8, 4) is 0 Å². The number of carbonyl (C=O) groups excluding carboxylic acids is 1. The third-order valence-corrected chi connectivity index (χ3v) is 2.01. The van der Waals surface area contributed by atoms with Crippen molar-refractivity contribution in [2.75, 3.05) is 0 Å². The van der Waals surface area contributed by atoms with Gasteiger partial charge in [0.25, 0.3) is 5.91 Å². The molecule has 0 atom stereocenters. The highest BCUT2D eigenvalue weighted by Crippen LogP contribution is 2.08. The molecular weight excluding hydrogens is 186 g/mol. The van der Waals surface area contributed by atoms with Gasteiger partial charge in [-0.15, -0.1) is 0 Å². The summed E-state index contributed by atoms with van der Waals surface area (Å²) in [6, 6.07) is 7.60. The van der Waals surface area contributed by atoms with Crippen LogP contribution < -0.4 is 0 Å². The third-order valence-electron chi connectivity index (χ3n) is 2.01. The number of amides is 1. The fourth-order valence-electron chi connectivity index (χ4n) is 1.34. The number of hydrogen-bond donors (Lipinski definition) is 0. The Morgan fingerprint density at radius 3 is 3.00 bits per heavy atom. The molecule has 0 fully saturated rings. The zero-order valence-electron chi connectivity index (χ0n) is 9.16. The highest BCUT2D eigenvalue weighted by molar-refractivity contribution is 5.98. The lowest BCUT2D eigenvalue weighted by atomic mass is 10.1. The van der Waals surface area contributed by atoms with E-state index in [2.05, 4.69) is 17.8 Å². The van der Waals surface area contributed by atoms with E-state index in [9.17, 15) is 4.79 Å². The molecule has 0 saturated carbocycles. The maximum Gasteiger partial charge on any atom is 0.285 e. The zero-order chi connectivity index (χ0) is 11.1. The summed E-state index contributed by atoms with van der Waals surface area (Å²) in [4.78, 5) is 15.2. The van der Waals surface area contributed by atoms with E-state index in [0.29, 0.717) is 5.56 Å². The van der Waals surface area contributed by atoms with Crippen LogP contribution >= 0.6 is 0 Å². The van der Waals surface area contributed by atoms with Gasteiger partial charge in [-0.25, -0.2) is 0 Å². The smallest absolute Gasteiger partial charge is 0.266 e. The lowest BCUT2D eigenvalue weighted by Crippen LogP contribution is -1.95. The number of allylic oxidation sites excluding steroid dienone is 1. The Labute approximate surface area is 90.4 Å². The van der Waals surface area contributed by atoms with Crippen LogP contribution in [0.4, 0.5) is 0 Å². The summed E-state index contributed by atoms with van der Waals surface area (Å²) in [5.74, 6) is 2.32. The molecule has 0 radical (unpaired) electrons. The monoisotopic (exact) mass is 201 g/mol. The molecule has 1 aromatic rings. The first-order chi connectivity index (χ1) is 7.27. The number of carbonyl (C=O) groups is 1. The van der Waals surface area contributed by atoms with Gasteiger partial charge in [0.1, 0.15) is 0 Å². The van der Waals surface area contributed by atoms with Crippen molar-refractivity contribution in [1.82, 2.24) is 0 Å². The predicted octanol–water partition coefficient (Wildman–Crippen LogP) is 3.03. The number of nitrogens with zero attached hydrogens (tertiary/aromatic N) is 1. The standard InChI is InChI=1S/C13H15NO/c1-3-6-11-7-5-8-12(10-11)13(15)14-9-4-2/h4-5,7-8,10H,3,6H2,1-2H3. The summed E-state index contributed by atoms with van der Waals surface area (Å²) < 4.78 is 0. The van der Waals surface area contributed by atoms with Crippen LogP contribution in [-0.4, -0.2) is 11.8 Å². The van der Waals surface area contributed by atoms with Gasteiger partial charge in [-0.2, -0.15) is 4.99 Å². The molecule has 1 amide bonds. The van der Waals surface area contributed by atoms with E-state index < -0.39 is 0 Å². The van der Waals surface area contributed by atoms with Crippen LogP contribution in [0.3, 0.4) is 0 Å². The molecule has 0 bridgehead atoms. The molecule has 2 heteroatoms. The van der Waals surface area contributed by atoms with Crippen LogP contribution in [0, 0.1) is 0 Å². The fraction of sp³-hybridized carbons (Fsp3) is 0.308. The molecule has 0 aliphatic carbocycles. The fourth-order valence-corrected chi connectivity index (χ4v) is 1.34. The van der Waals surface area contributed by atoms with E-state index in [4.69, 9.17) is 0 Å². The highest BCUT2D eigenvalue weighted by Gasteiger charge is 2.03. The van der Waals surface area contributed by atoms with Gasteiger partial charge >= 0.3 is 0 Å². The molecule has 0 spiro atoms. The maximum absolute atomic E-state index is 11.5. The summed E-state index contributed by atoms with van der Waals surface area (Å²) >= 11 is 0. The first kappa shape index (κ1) is 11.4. The molecule has 0 heterocycles.